The third-order valence-electron chi connectivity index (χ3n) is 4.04. The van der Waals surface area contributed by atoms with E-state index in [0.29, 0.717) is 6.04 Å². The molecule has 5 heteroatoms. The highest BCUT2D eigenvalue weighted by Gasteiger charge is 2.19. The summed E-state index contributed by atoms with van der Waals surface area (Å²) < 4.78 is 5.34. The predicted molar refractivity (Wildman–Crippen MR) is 89.9 cm³/mol. The number of nitrogens with zero attached hydrogens (tertiary/aromatic N) is 2. The summed E-state index contributed by atoms with van der Waals surface area (Å²) in [5, 5.41) is 6.61. The average molecular weight is 298 g/mol. The molecule has 0 aromatic carbocycles. The highest BCUT2D eigenvalue weighted by molar-refractivity contribution is 5.79. The molecule has 0 bridgehead atoms. The van der Waals surface area contributed by atoms with Crippen LogP contribution in [0.5, 0.6) is 0 Å². The van der Waals surface area contributed by atoms with Crippen molar-refractivity contribution in [3.63, 3.8) is 0 Å². The van der Waals surface area contributed by atoms with Crippen molar-refractivity contribution in [1.82, 2.24) is 15.5 Å². The summed E-state index contributed by atoms with van der Waals surface area (Å²) in [4.78, 5) is 7.27. The first-order chi connectivity index (χ1) is 10.2. The molecule has 0 aromatic heterocycles. The van der Waals surface area contributed by atoms with Crippen molar-refractivity contribution in [2.75, 3.05) is 45.9 Å². The van der Waals surface area contributed by atoms with Gasteiger partial charge in [0.05, 0.1) is 13.2 Å². The molecule has 5 nitrogen and oxygen atoms in total. The Bertz CT molecular complexity index is 288. The number of aliphatic imine (C=N–C) groups is 1. The number of ether oxygens (including phenoxy) is 1. The molecule has 1 unspecified atom stereocenters. The van der Waals surface area contributed by atoms with E-state index in [1.165, 1.54) is 25.9 Å². The fourth-order valence-electron chi connectivity index (χ4n) is 2.54. The molecule has 0 amide bonds. The molecule has 1 rings (SSSR count). The van der Waals surface area contributed by atoms with Crippen LogP contribution in [0.2, 0.25) is 0 Å². The summed E-state index contributed by atoms with van der Waals surface area (Å²) in [7, 11) is 0. The Labute approximate surface area is 130 Å². The molecular formula is C16H34N4O. The van der Waals surface area contributed by atoms with Crippen LogP contribution < -0.4 is 10.6 Å². The van der Waals surface area contributed by atoms with E-state index >= 15 is 0 Å². The smallest absolute Gasteiger partial charge is 0.191 e. The summed E-state index contributed by atoms with van der Waals surface area (Å²) in [6.07, 6.45) is 2.64. The zero-order valence-electron chi connectivity index (χ0n) is 14.3. The molecule has 1 aliphatic rings. The SMILES string of the molecule is CCNC(=NCC(C)N1CCC(C)CC1)NCCOCC. The molecule has 21 heavy (non-hydrogen) atoms. The fraction of sp³-hybridized carbons (Fsp3) is 0.938. The van der Waals surface area contributed by atoms with Crippen LogP contribution in [0.1, 0.15) is 40.5 Å². The van der Waals surface area contributed by atoms with E-state index < -0.39 is 0 Å². The van der Waals surface area contributed by atoms with Crippen molar-refractivity contribution in [3.8, 4) is 0 Å². The van der Waals surface area contributed by atoms with E-state index in [1.54, 1.807) is 0 Å². The lowest BCUT2D eigenvalue weighted by Crippen LogP contribution is -2.43. The third-order valence-corrected chi connectivity index (χ3v) is 4.04. The Morgan fingerprint density at radius 3 is 2.62 bits per heavy atom. The first kappa shape index (κ1) is 18.2. The van der Waals surface area contributed by atoms with E-state index in [4.69, 9.17) is 9.73 Å². The molecule has 1 saturated heterocycles. The molecule has 0 saturated carbocycles. The molecule has 124 valence electrons. The molecule has 1 atom stereocenters. The van der Waals surface area contributed by atoms with Crippen molar-refractivity contribution < 1.29 is 4.74 Å². The van der Waals surface area contributed by atoms with Crippen LogP contribution in [-0.2, 0) is 4.74 Å². The Kier molecular flexibility index (Phi) is 9.42. The highest BCUT2D eigenvalue weighted by atomic mass is 16.5. The number of likely N-dealkylation sites (tertiary alicyclic amines) is 1. The van der Waals surface area contributed by atoms with E-state index in [1.807, 2.05) is 6.92 Å². The van der Waals surface area contributed by atoms with Gasteiger partial charge in [-0.1, -0.05) is 6.92 Å². The average Bonchev–Trinajstić information content (AvgIpc) is 2.49. The fourth-order valence-corrected chi connectivity index (χ4v) is 2.54. The first-order valence-electron chi connectivity index (χ1n) is 8.51. The van der Waals surface area contributed by atoms with Gasteiger partial charge in [-0.05, 0) is 52.6 Å². The minimum Gasteiger partial charge on any atom is -0.380 e. The molecule has 1 heterocycles. The van der Waals surface area contributed by atoms with Crippen LogP contribution in [0.4, 0.5) is 0 Å². The highest BCUT2D eigenvalue weighted by Crippen LogP contribution is 2.17. The lowest BCUT2D eigenvalue weighted by atomic mass is 9.98. The van der Waals surface area contributed by atoms with Gasteiger partial charge in [0.2, 0.25) is 0 Å². The molecule has 1 fully saturated rings. The Balaban J connectivity index is 2.33. The molecule has 1 aliphatic heterocycles. The Hall–Kier alpha value is -0.810. The summed E-state index contributed by atoms with van der Waals surface area (Å²) in [6, 6.07) is 0.514. The standard InChI is InChI=1S/C16H34N4O/c1-5-17-16(18-9-12-21-6-2)19-13-15(4)20-10-7-14(3)8-11-20/h14-15H,5-13H2,1-4H3,(H2,17,18,19). The zero-order chi connectivity index (χ0) is 15.5. The van der Waals surface area contributed by atoms with Gasteiger partial charge < -0.3 is 15.4 Å². The van der Waals surface area contributed by atoms with E-state index in [9.17, 15) is 0 Å². The summed E-state index contributed by atoms with van der Waals surface area (Å²) in [5.41, 5.74) is 0. The molecular weight excluding hydrogens is 264 g/mol. The Morgan fingerprint density at radius 1 is 1.29 bits per heavy atom. The van der Waals surface area contributed by atoms with Crippen LogP contribution in [0.3, 0.4) is 0 Å². The molecule has 2 N–H and O–H groups in total. The van der Waals surface area contributed by atoms with Gasteiger partial charge in [0.25, 0.3) is 0 Å². The normalized spacial score (nSPS) is 19.5. The lowest BCUT2D eigenvalue weighted by Gasteiger charge is -2.34. The number of hydrogen-bond acceptors (Lipinski definition) is 3. The maximum Gasteiger partial charge on any atom is 0.191 e. The minimum atomic E-state index is 0.514. The maximum absolute atomic E-state index is 5.34. The van der Waals surface area contributed by atoms with Crippen molar-refractivity contribution in [2.24, 2.45) is 10.9 Å². The monoisotopic (exact) mass is 298 g/mol. The van der Waals surface area contributed by atoms with Crippen LogP contribution in [0.25, 0.3) is 0 Å². The van der Waals surface area contributed by atoms with Crippen LogP contribution in [-0.4, -0.2) is 62.8 Å². The number of nitrogens with one attached hydrogen (secondary N) is 2. The quantitative estimate of drug-likeness (QED) is 0.407. The lowest BCUT2D eigenvalue weighted by molar-refractivity contribution is 0.150. The summed E-state index contributed by atoms with van der Waals surface area (Å²) in [5.74, 6) is 1.78. The Morgan fingerprint density at radius 2 is 2.00 bits per heavy atom. The van der Waals surface area contributed by atoms with Crippen LogP contribution >= 0.6 is 0 Å². The topological polar surface area (TPSA) is 48.9 Å². The summed E-state index contributed by atoms with van der Waals surface area (Å²) in [6.45, 7) is 15.2. The van der Waals surface area contributed by atoms with Crippen molar-refractivity contribution in [1.29, 1.82) is 0 Å². The number of hydrogen-bond donors (Lipinski definition) is 2. The van der Waals surface area contributed by atoms with Gasteiger partial charge in [-0.3, -0.25) is 9.89 Å². The van der Waals surface area contributed by atoms with Crippen LogP contribution in [0.15, 0.2) is 4.99 Å². The summed E-state index contributed by atoms with van der Waals surface area (Å²) >= 11 is 0. The third kappa shape index (κ3) is 7.67. The number of piperidine rings is 1. The van der Waals surface area contributed by atoms with Gasteiger partial charge in [-0.25, -0.2) is 0 Å². The number of rotatable bonds is 8. The van der Waals surface area contributed by atoms with Gasteiger partial charge in [0, 0.05) is 25.7 Å². The van der Waals surface area contributed by atoms with Gasteiger partial charge >= 0.3 is 0 Å². The maximum atomic E-state index is 5.34. The van der Waals surface area contributed by atoms with Crippen molar-refractivity contribution in [2.45, 2.75) is 46.6 Å². The molecule has 0 aliphatic carbocycles. The zero-order valence-corrected chi connectivity index (χ0v) is 14.3. The molecule has 0 aromatic rings. The van der Waals surface area contributed by atoms with E-state index in [2.05, 4.69) is 36.3 Å². The largest absolute Gasteiger partial charge is 0.380 e. The second kappa shape index (κ2) is 10.9. The van der Waals surface area contributed by atoms with Gasteiger partial charge in [0.15, 0.2) is 5.96 Å². The second-order valence-corrected chi connectivity index (χ2v) is 5.91. The molecule has 0 spiro atoms. The van der Waals surface area contributed by atoms with E-state index in [-0.39, 0.29) is 0 Å². The minimum absolute atomic E-state index is 0.514. The van der Waals surface area contributed by atoms with Gasteiger partial charge in [-0.2, -0.15) is 0 Å². The van der Waals surface area contributed by atoms with E-state index in [0.717, 1.165) is 44.7 Å². The second-order valence-electron chi connectivity index (χ2n) is 5.91. The van der Waals surface area contributed by atoms with Crippen molar-refractivity contribution >= 4 is 5.96 Å². The predicted octanol–water partition coefficient (Wildman–Crippen LogP) is 1.70. The van der Waals surface area contributed by atoms with Gasteiger partial charge in [-0.15, -0.1) is 0 Å². The first-order valence-corrected chi connectivity index (χ1v) is 8.51. The number of guanidine groups is 1. The molecule has 0 radical (unpaired) electrons. The van der Waals surface area contributed by atoms with Crippen molar-refractivity contribution in [3.05, 3.63) is 0 Å². The van der Waals surface area contributed by atoms with Crippen LogP contribution in [0, 0.1) is 5.92 Å². The van der Waals surface area contributed by atoms with Gasteiger partial charge in [0.1, 0.15) is 0 Å².